The number of carbonyl (C=O) groups excluding carboxylic acids is 1. The van der Waals surface area contributed by atoms with Gasteiger partial charge in [-0.25, -0.2) is 4.98 Å². The average Bonchev–Trinajstić information content (AvgIpc) is 3.10. The molecule has 19 heavy (non-hydrogen) atoms. The number of carbonyl (C=O) groups is 1. The summed E-state index contributed by atoms with van der Waals surface area (Å²) in [6.45, 7) is 3.06. The largest absolute Gasteiger partial charge is 0.386 e. The predicted molar refractivity (Wildman–Crippen MR) is 77.3 cm³/mol. The Morgan fingerprint density at radius 2 is 2.37 bits per heavy atom. The summed E-state index contributed by atoms with van der Waals surface area (Å²) in [4.78, 5) is 18.1. The molecule has 0 radical (unpaired) electrons. The molecule has 2 heterocycles. The van der Waals surface area contributed by atoms with Crippen LogP contribution >= 0.6 is 23.1 Å². The number of β-amino-alcohol motifs (C(OH)–C–C–N with tert-alkyl or cyclic N) is 1. The number of thiazole rings is 1. The molecule has 1 saturated heterocycles. The molecule has 0 unspecified atom stereocenters. The van der Waals surface area contributed by atoms with Crippen molar-refractivity contribution in [3.63, 3.8) is 0 Å². The van der Waals surface area contributed by atoms with Crippen molar-refractivity contribution in [3.8, 4) is 0 Å². The first-order valence-electron chi connectivity index (χ1n) is 6.56. The van der Waals surface area contributed by atoms with Crippen LogP contribution in [0.3, 0.4) is 0 Å². The molecule has 1 aromatic heterocycles. The van der Waals surface area contributed by atoms with Crippen LogP contribution in [0.4, 0.5) is 0 Å². The van der Waals surface area contributed by atoms with Crippen molar-refractivity contribution in [2.45, 2.75) is 31.1 Å². The van der Waals surface area contributed by atoms with Crippen LogP contribution in [0.5, 0.6) is 0 Å². The zero-order valence-electron chi connectivity index (χ0n) is 11.0. The van der Waals surface area contributed by atoms with Crippen molar-refractivity contribution in [1.29, 1.82) is 0 Å². The molecule has 1 amide bonds. The molecule has 0 spiro atoms. The number of hydrogen-bond donors (Lipinski definition) is 1. The lowest BCUT2D eigenvalue weighted by Crippen LogP contribution is -2.65. The lowest BCUT2D eigenvalue weighted by Gasteiger charge is -2.47. The van der Waals surface area contributed by atoms with Crippen LogP contribution in [0.15, 0.2) is 5.38 Å². The number of likely N-dealkylation sites (tertiary alicyclic amines) is 1. The van der Waals surface area contributed by atoms with Gasteiger partial charge < -0.3 is 10.0 Å². The minimum absolute atomic E-state index is 0.141. The molecule has 6 heteroatoms. The molecule has 4 nitrogen and oxygen atoms in total. The van der Waals surface area contributed by atoms with E-state index in [4.69, 9.17) is 0 Å². The summed E-state index contributed by atoms with van der Waals surface area (Å²) >= 11 is 3.24. The van der Waals surface area contributed by atoms with Crippen LogP contribution in [0.2, 0.25) is 0 Å². The van der Waals surface area contributed by atoms with Crippen LogP contribution in [0, 0.1) is 12.8 Å². The van der Waals surface area contributed by atoms with E-state index >= 15 is 0 Å². The molecular weight excluding hydrogens is 280 g/mol. The third-order valence-corrected chi connectivity index (χ3v) is 5.53. The molecule has 0 atom stereocenters. The minimum Gasteiger partial charge on any atom is -0.386 e. The summed E-state index contributed by atoms with van der Waals surface area (Å²) in [5, 5.41) is 13.3. The molecule has 1 saturated carbocycles. The second-order valence-corrected chi connectivity index (χ2v) is 7.53. The number of rotatable bonds is 5. The van der Waals surface area contributed by atoms with Crippen LogP contribution in [-0.4, -0.2) is 45.3 Å². The third-order valence-electron chi connectivity index (χ3n) is 3.76. The molecule has 1 aliphatic carbocycles. The summed E-state index contributed by atoms with van der Waals surface area (Å²) in [6.07, 6.45) is 2.24. The standard InChI is InChI=1S/C13H18N2O2S2/c1-9-14-11(5-19-9)4-18-6-12(16)15-7-13(17,8-15)10-2-3-10/h5,10,17H,2-4,6-8H2,1H3. The normalized spacial score (nSPS) is 21.3. The zero-order chi connectivity index (χ0) is 13.5. The van der Waals surface area contributed by atoms with Gasteiger partial charge in [-0.15, -0.1) is 23.1 Å². The fourth-order valence-electron chi connectivity index (χ4n) is 2.48. The number of aromatic nitrogens is 1. The maximum atomic E-state index is 11.9. The van der Waals surface area contributed by atoms with E-state index in [1.54, 1.807) is 28.0 Å². The van der Waals surface area contributed by atoms with E-state index in [0.717, 1.165) is 29.3 Å². The van der Waals surface area contributed by atoms with Crippen LogP contribution in [0.25, 0.3) is 0 Å². The lowest BCUT2D eigenvalue weighted by molar-refractivity contribution is -0.156. The topological polar surface area (TPSA) is 53.4 Å². The fourth-order valence-corrected chi connectivity index (χ4v) is 4.01. The van der Waals surface area contributed by atoms with Gasteiger partial charge in [0.25, 0.3) is 0 Å². The quantitative estimate of drug-likeness (QED) is 0.898. The van der Waals surface area contributed by atoms with Gasteiger partial charge in [-0.1, -0.05) is 0 Å². The van der Waals surface area contributed by atoms with Gasteiger partial charge in [0.1, 0.15) is 5.60 Å². The van der Waals surface area contributed by atoms with E-state index in [1.165, 1.54) is 0 Å². The zero-order valence-corrected chi connectivity index (χ0v) is 12.6. The van der Waals surface area contributed by atoms with Gasteiger partial charge in [-0.2, -0.15) is 0 Å². The summed E-state index contributed by atoms with van der Waals surface area (Å²) < 4.78 is 0. The van der Waals surface area contributed by atoms with Gasteiger partial charge in [0.15, 0.2) is 0 Å². The number of hydrogen-bond acceptors (Lipinski definition) is 5. The number of aliphatic hydroxyl groups is 1. The molecule has 2 fully saturated rings. The average molecular weight is 298 g/mol. The van der Waals surface area contributed by atoms with Crippen LogP contribution in [-0.2, 0) is 10.5 Å². The van der Waals surface area contributed by atoms with Crippen molar-refractivity contribution in [1.82, 2.24) is 9.88 Å². The Morgan fingerprint density at radius 3 is 2.95 bits per heavy atom. The second-order valence-electron chi connectivity index (χ2n) is 5.48. The molecule has 0 aromatic carbocycles. The van der Waals surface area contributed by atoms with Gasteiger partial charge in [-0.05, 0) is 25.7 Å². The molecule has 1 aliphatic heterocycles. The number of aryl methyl sites for hydroxylation is 1. The molecular formula is C13H18N2O2S2. The Kier molecular flexibility index (Phi) is 3.57. The predicted octanol–water partition coefficient (Wildman–Crippen LogP) is 1.67. The number of amides is 1. The van der Waals surface area contributed by atoms with Crippen molar-refractivity contribution in [2.75, 3.05) is 18.8 Å². The SMILES string of the molecule is Cc1nc(CSCC(=O)N2CC(O)(C3CC3)C2)cs1. The van der Waals surface area contributed by atoms with Crippen molar-refractivity contribution in [2.24, 2.45) is 5.92 Å². The summed E-state index contributed by atoms with van der Waals surface area (Å²) in [6, 6.07) is 0. The highest BCUT2D eigenvalue weighted by Gasteiger charge is 2.53. The van der Waals surface area contributed by atoms with Gasteiger partial charge in [0.2, 0.25) is 5.91 Å². The van der Waals surface area contributed by atoms with Crippen LogP contribution < -0.4 is 0 Å². The molecule has 3 rings (SSSR count). The van der Waals surface area contributed by atoms with E-state index in [2.05, 4.69) is 4.98 Å². The highest BCUT2D eigenvalue weighted by atomic mass is 32.2. The molecule has 1 N–H and O–H groups in total. The van der Waals surface area contributed by atoms with Gasteiger partial charge in [0, 0.05) is 11.1 Å². The van der Waals surface area contributed by atoms with Crippen LogP contribution in [0.1, 0.15) is 23.5 Å². The molecule has 2 aliphatic rings. The van der Waals surface area contributed by atoms with Gasteiger partial charge >= 0.3 is 0 Å². The number of thioether (sulfide) groups is 1. The molecule has 0 bridgehead atoms. The van der Waals surface area contributed by atoms with Gasteiger partial charge in [-0.3, -0.25) is 4.79 Å². The Labute approximate surface area is 121 Å². The van der Waals surface area contributed by atoms with E-state index in [-0.39, 0.29) is 5.91 Å². The smallest absolute Gasteiger partial charge is 0.232 e. The van der Waals surface area contributed by atoms with Gasteiger partial charge in [0.05, 0.1) is 29.5 Å². The first-order valence-corrected chi connectivity index (χ1v) is 8.59. The first kappa shape index (κ1) is 13.4. The first-order chi connectivity index (χ1) is 9.07. The monoisotopic (exact) mass is 298 g/mol. The Bertz CT molecular complexity index is 479. The van der Waals surface area contributed by atoms with E-state index in [9.17, 15) is 9.90 Å². The third kappa shape index (κ3) is 2.95. The van der Waals surface area contributed by atoms with Crippen molar-refractivity contribution in [3.05, 3.63) is 16.1 Å². The van der Waals surface area contributed by atoms with E-state index in [0.29, 0.717) is 24.8 Å². The fraction of sp³-hybridized carbons (Fsp3) is 0.692. The van der Waals surface area contributed by atoms with E-state index < -0.39 is 5.60 Å². The van der Waals surface area contributed by atoms with Crippen molar-refractivity contribution >= 4 is 29.0 Å². The van der Waals surface area contributed by atoms with E-state index in [1.807, 2.05) is 12.3 Å². The maximum Gasteiger partial charge on any atom is 0.232 e. The Morgan fingerprint density at radius 1 is 1.63 bits per heavy atom. The Hall–Kier alpha value is -0.590. The highest BCUT2D eigenvalue weighted by molar-refractivity contribution is 7.99. The van der Waals surface area contributed by atoms with Crippen molar-refractivity contribution < 1.29 is 9.90 Å². The number of nitrogens with zero attached hydrogens (tertiary/aromatic N) is 2. The highest BCUT2D eigenvalue weighted by Crippen LogP contribution is 2.44. The Balaban J connectivity index is 1.38. The summed E-state index contributed by atoms with van der Waals surface area (Å²) in [7, 11) is 0. The second kappa shape index (κ2) is 5.07. The summed E-state index contributed by atoms with van der Waals surface area (Å²) in [5.74, 6) is 1.86. The summed E-state index contributed by atoms with van der Waals surface area (Å²) in [5.41, 5.74) is 0.491. The molecule has 1 aromatic rings. The minimum atomic E-state index is -0.563. The molecule has 104 valence electrons. The maximum absolute atomic E-state index is 11.9. The lowest BCUT2D eigenvalue weighted by atomic mass is 9.89.